The molecule has 1 aliphatic heterocycles. The lowest BCUT2D eigenvalue weighted by atomic mass is 9.95. The minimum absolute atomic E-state index is 0.205. The smallest absolute Gasteiger partial charge is 0.124 e. The first kappa shape index (κ1) is 15.9. The van der Waals surface area contributed by atoms with Gasteiger partial charge in [0.25, 0.3) is 0 Å². The van der Waals surface area contributed by atoms with Gasteiger partial charge in [0.1, 0.15) is 5.82 Å². The first-order valence-electron chi connectivity index (χ1n) is 7.00. The maximum Gasteiger partial charge on any atom is 0.124 e. The minimum Gasteiger partial charge on any atom is -0.381 e. The highest BCUT2D eigenvalue weighted by Crippen LogP contribution is 2.33. The third kappa shape index (κ3) is 3.39. The molecular weight excluding hydrogens is 323 g/mol. The Kier molecular flexibility index (Phi) is 5.55. The molecule has 0 aliphatic carbocycles. The molecule has 1 aromatic rings. The molecular formula is C15H22BrFN2O. The van der Waals surface area contributed by atoms with Crippen molar-refractivity contribution in [2.45, 2.75) is 38.0 Å². The van der Waals surface area contributed by atoms with Gasteiger partial charge in [-0.2, -0.15) is 0 Å². The van der Waals surface area contributed by atoms with E-state index in [1.165, 1.54) is 12.1 Å². The Morgan fingerprint density at radius 2 is 2.30 bits per heavy atom. The van der Waals surface area contributed by atoms with Crippen LogP contribution in [0, 0.1) is 5.82 Å². The van der Waals surface area contributed by atoms with Gasteiger partial charge in [0.05, 0.1) is 6.10 Å². The van der Waals surface area contributed by atoms with Crippen molar-refractivity contribution in [3.63, 3.8) is 0 Å². The average Bonchev–Trinajstić information content (AvgIpc) is 2.46. The molecule has 0 amide bonds. The zero-order chi connectivity index (χ0) is 14.7. The fourth-order valence-electron chi connectivity index (χ4n) is 3.01. The number of halogens is 2. The lowest BCUT2D eigenvalue weighted by Crippen LogP contribution is -2.49. The van der Waals surface area contributed by atoms with Crippen molar-refractivity contribution < 1.29 is 9.13 Å². The number of hydrogen-bond acceptors (Lipinski definition) is 3. The topological polar surface area (TPSA) is 38.5 Å². The Hall–Kier alpha value is -0.490. The van der Waals surface area contributed by atoms with Gasteiger partial charge in [0, 0.05) is 36.8 Å². The van der Waals surface area contributed by atoms with E-state index in [0.29, 0.717) is 18.7 Å². The Bertz CT molecular complexity index is 457. The Morgan fingerprint density at radius 3 is 2.90 bits per heavy atom. The SMILES string of the molecule is COC1CCN(C(C)c2ccc(F)cc2Br)C(CN)C1. The fourth-order valence-corrected chi connectivity index (χ4v) is 3.69. The van der Waals surface area contributed by atoms with Crippen LogP contribution in [0.25, 0.3) is 0 Å². The van der Waals surface area contributed by atoms with Crippen molar-refractivity contribution in [3.8, 4) is 0 Å². The van der Waals surface area contributed by atoms with Crippen molar-refractivity contribution in [1.29, 1.82) is 0 Å². The summed E-state index contributed by atoms with van der Waals surface area (Å²) < 4.78 is 19.5. The monoisotopic (exact) mass is 344 g/mol. The van der Waals surface area contributed by atoms with Gasteiger partial charge in [-0.3, -0.25) is 4.90 Å². The van der Waals surface area contributed by atoms with Crippen LogP contribution < -0.4 is 5.73 Å². The summed E-state index contributed by atoms with van der Waals surface area (Å²) in [4.78, 5) is 2.40. The summed E-state index contributed by atoms with van der Waals surface area (Å²) in [5, 5.41) is 0. The normalized spacial score (nSPS) is 25.6. The van der Waals surface area contributed by atoms with Crippen LogP contribution in [0.2, 0.25) is 0 Å². The van der Waals surface area contributed by atoms with E-state index in [1.54, 1.807) is 7.11 Å². The van der Waals surface area contributed by atoms with Crippen LogP contribution in [0.15, 0.2) is 22.7 Å². The molecule has 2 N–H and O–H groups in total. The maximum atomic E-state index is 13.2. The van der Waals surface area contributed by atoms with E-state index in [2.05, 4.69) is 27.8 Å². The van der Waals surface area contributed by atoms with Crippen LogP contribution in [0.3, 0.4) is 0 Å². The number of methoxy groups -OCH3 is 1. The molecule has 0 bridgehead atoms. The Morgan fingerprint density at radius 1 is 1.55 bits per heavy atom. The van der Waals surface area contributed by atoms with Gasteiger partial charge in [-0.25, -0.2) is 4.39 Å². The van der Waals surface area contributed by atoms with E-state index in [-0.39, 0.29) is 11.9 Å². The van der Waals surface area contributed by atoms with Crippen LogP contribution in [0.4, 0.5) is 4.39 Å². The standard InChI is InChI=1S/C15H22BrFN2O/c1-10(14-4-3-11(17)7-15(14)16)19-6-5-13(20-2)8-12(19)9-18/h3-4,7,10,12-13H,5-6,8-9,18H2,1-2H3. The largest absolute Gasteiger partial charge is 0.381 e. The predicted molar refractivity (Wildman–Crippen MR) is 82.1 cm³/mol. The first-order valence-corrected chi connectivity index (χ1v) is 7.79. The summed E-state index contributed by atoms with van der Waals surface area (Å²) >= 11 is 3.46. The Balaban J connectivity index is 2.17. The maximum absolute atomic E-state index is 13.2. The third-order valence-electron chi connectivity index (χ3n) is 4.23. The number of benzene rings is 1. The molecule has 3 unspecified atom stereocenters. The van der Waals surface area contributed by atoms with Crippen molar-refractivity contribution in [2.75, 3.05) is 20.2 Å². The summed E-state index contributed by atoms with van der Waals surface area (Å²) in [6, 6.07) is 5.39. The number of hydrogen-bond donors (Lipinski definition) is 1. The lowest BCUT2D eigenvalue weighted by Gasteiger charge is -2.42. The second-order valence-corrected chi connectivity index (χ2v) is 6.21. The number of nitrogens with two attached hydrogens (primary N) is 1. The van der Waals surface area contributed by atoms with Gasteiger partial charge in [0.15, 0.2) is 0 Å². The minimum atomic E-state index is -0.221. The summed E-state index contributed by atoms with van der Waals surface area (Å²) in [6.07, 6.45) is 2.26. The highest BCUT2D eigenvalue weighted by atomic mass is 79.9. The van der Waals surface area contributed by atoms with Gasteiger partial charge < -0.3 is 10.5 Å². The number of ether oxygens (including phenoxy) is 1. The number of piperidine rings is 1. The molecule has 5 heteroatoms. The number of nitrogens with zero attached hydrogens (tertiary/aromatic N) is 1. The molecule has 112 valence electrons. The van der Waals surface area contributed by atoms with E-state index >= 15 is 0 Å². The van der Waals surface area contributed by atoms with E-state index in [0.717, 1.165) is 29.4 Å². The van der Waals surface area contributed by atoms with Crippen LogP contribution in [0.5, 0.6) is 0 Å². The molecule has 1 aliphatic rings. The summed E-state index contributed by atoms with van der Waals surface area (Å²) in [5.74, 6) is -0.221. The van der Waals surface area contributed by atoms with Crippen LogP contribution in [0.1, 0.15) is 31.4 Å². The van der Waals surface area contributed by atoms with Crippen molar-refractivity contribution in [1.82, 2.24) is 4.90 Å². The number of rotatable bonds is 4. The van der Waals surface area contributed by atoms with Crippen molar-refractivity contribution in [2.24, 2.45) is 5.73 Å². The van der Waals surface area contributed by atoms with E-state index < -0.39 is 0 Å². The van der Waals surface area contributed by atoms with Crippen molar-refractivity contribution in [3.05, 3.63) is 34.1 Å². The molecule has 0 saturated carbocycles. The van der Waals surface area contributed by atoms with E-state index in [9.17, 15) is 4.39 Å². The van der Waals surface area contributed by atoms with Crippen LogP contribution in [-0.4, -0.2) is 37.2 Å². The van der Waals surface area contributed by atoms with Gasteiger partial charge >= 0.3 is 0 Å². The highest BCUT2D eigenvalue weighted by molar-refractivity contribution is 9.10. The lowest BCUT2D eigenvalue weighted by molar-refractivity contribution is -0.00175. The zero-order valence-electron chi connectivity index (χ0n) is 12.0. The molecule has 2 rings (SSSR count). The van der Waals surface area contributed by atoms with Gasteiger partial charge in [0.2, 0.25) is 0 Å². The second-order valence-electron chi connectivity index (χ2n) is 5.35. The summed E-state index contributed by atoms with van der Waals surface area (Å²) in [6.45, 7) is 3.71. The molecule has 3 atom stereocenters. The van der Waals surface area contributed by atoms with Gasteiger partial charge in [-0.05, 0) is 37.5 Å². The second kappa shape index (κ2) is 6.98. The molecule has 20 heavy (non-hydrogen) atoms. The highest BCUT2D eigenvalue weighted by Gasteiger charge is 2.31. The molecule has 0 radical (unpaired) electrons. The molecule has 1 heterocycles. The average molecular weight is 345 g/mol. The molecule has 1 fully saturated rings. The molecule has 1 saturated heterocycles. The quantitative estimate of drug-likeness (QED) is 0.912. The summed E-state index contributed by atoms with van der Waals surface area (Å²) in [5.41, 5.74) is 7.02. The van der Waals surface area contributed by atoms with Crippen LogP contribution >= 0.6 is 15.9 Å². The Labute approximate surface area is 128 Å². The molecule has 1 aromatic carbocycles. The third-order valence-corrected chi connectivity index (χ3v) is 4.92. The molecule has 0 aromatic heterocycles. The van der Waals surface area contributed by atoms with E-state index in [1.807, 2.05) is 6.07 Å². The first-order chi connectivity index (χ1) is 9.56. The molecule has 3 nitrogen and oxygen atoms in total. The summed E-state index contributed by atoms with van der Waals surface area (Å²) in [7, 11) is 1.76. The predicted octanol–water partition coefficient (Wildman–Crippen LogP) is 3.09. The van der Waals surface area contributed by atoms with Gasteiger partial charge in [-0.1, -0.05) is 22.0 Å². The van der Waals surface area contributed by atoms with E-state index in [4.69, 9.17) is 10.5 Å². The van der Waals surface area contributed by atoms with Crippen molar-refractivity contribution >= 4 is 15.9 Å². The van der Waals surface area contributed by atoms with Crippen LogP contribution in [-0.2, 0) is 4.74 Å². The fraction of sp³-hybridized carbons (Fsp3) is 0.600. The zero-order valence-corrected chi connectivity index (χ0v) is 13.6. The number of likely N-dealkylation sites (tertiary alicyclic amines) is 1. The molecule has 0 spiro atoms. The van der Waals surface area contributed by atoms with Gasteiger partial charge in [-0.15, -0.1) is 0 Å².